The molecule has 4 aromatic rings. The Morgan fingerprint density at radius 3 is 2.41 bits per heavy atom. The lowest BCUT2D eigenvalue weighted by molar-refractivity contribution is 0.315. The normalized spacial score (nSPS) is 11.2. The summed E-state index contributed by atoms with van der Waals surface area (Å²) in [5.74, 6) is -0.256. The summed E-state index contributed by atoms with van der Waals surface area (Å²) in [6, 6.07) is 14.7. The lowest BCUT2D eigenvalue weighted by Gasteiger charge is -2.15. The molecule has 0 unspecified atom stereocenters. The molecule has 29 heavy (non-hydrogen) atoms. The monoisotopic (exact) mass is 387 g/mol. The Morgan fingerprint density at radius 2 is 1.72 bits per heavy atom. The van der Waals surface area contributed by atoms with Crippen molar-refractivity contribution in [2.24, 2.45) is 0 Å². The summed E-state index contributed by atoms with van der Waals surface area (Å²) >= 11 is 0. The van der Waals surface area contributed by atoms with Crippen LogP contribution in [0.5, 0.6) is 0 Å². The zero-order valence-electron chi connectivity index (χ0n) is 16.5. The number of rotatable bonds is 6. The highest BCUT2D eigenvalue weighted by atomic mass is 19.1. The van der Waals surface area contributed by atoms with Gasteiger partial charge in [0.2, 0.25) is 0 Å². The summed E-state index contributed by atoms with van der Waals surface area (Å²) in [5.41, 5.74) is 5.88. The Hall–Kier alpha value is -3.38. The molecular formula is C23H22FN5. The zero-order chi connectivity index (χ0) is 20.2. The Labute approximate surface area is 169 Å². The van der Waals surface area contributed by atoms with Gasteiger partial charge in [-0.05, 0) is 50.4 Å². The summed E-state index contributed by atoms with van der Waals surface area (Å²) in [4.78, 5) is 10.6. The van der Waals surface area contributed by atoms with Crippen LogP contribution in [0.3, 0.4) is 0 Å². The molecule has 0 radical (unpaired) electrons. The highest BCUT2D eigenvalue weighted by Gasteiger charge is 2.15. The molecular weight excluding hydrogens is 365 g/mol. The number of nitrogens with zero attached hydrogens (tertiary/aromatic N) is 5. The minimum atomic E-state index is -0.256. The van der Waals surface area contributed by atoms with Gasteiger partial charge in [0.1, 0.15) is 5.82 Å². The van der Waals surface area contributed by atoms with Crippen molar-refractivity contribution in [2.75, 3.05) is 7.05 Å². The van der Waals surface area contributed by atoms with Gasteiger partial charge in [0.15, 0.2) is 0 Å². The first-order chi connectivity index (χ1) is 14.1. The molecule has 0 saturated heterocycles. The van der Waals surface area contributed by atoms with Crippen LogP contribution in [0.15, 0.2) is 73.3 Å². The van der Waals surface area contributed by atoms with Gasteiger partial charge >= 0.3 is 0 Å². The van der Waals surface area contributed by atoms with Crippen LogP contribution in [-0.2, 0) is 13.1 Å². The largest absolute Gasteiger partial charge is 0.296 e. The highest BCUT2D eigenvalue weighted by Crippen LogP contribution is 2.25. The van der Waals surface area contributed by atoms with E-state index in [0.29, 0.717) is 13.1 Å². The first kappa shape index (κ1) is 19.0. The van der Waals surface area contributed by atoms with Gasteiger partial charge in [-0.3, -0.25) is 14.9 Å². The van der Waals surface area contributed by atoms with Crippen LogP contribution >= 0.6 is 0 Å². The average molecular weight is 387 g/mol. The van der Waals surface area contributed by atoms with Crippen LogP contribution < -0.4 is 0 Å². The Morgan fingerprint density at radius 1 is 0.966 bits per heavy atom. The van der Waals surface area contributed by atoms with Crippen molar-refractivity contribution in [3.05, 3.63) is 96.0 Å². The molecule has 2 aromatic heterocycles. The molecule has 6 heteroatoms. The topological polar surface area (TPSA) is 46.8 Å². The predicted octanol–water partition coefficient (Wildman–Crippen LogP) is 4.41. The molecule has 5 nitrogen and oxygen atoms in total. The molecule has 2 heterocycles. The minimum Gasteiger partial charge on any atom is -0.296 e. The smallest absolute Gasteiger partial charge is 0.123 e. The van der Waals surface area contributed by atoms with Gasteiger partial charge in [0.25, 0.3) is 0 Å². The lowest BCUT2D eigenvalue weighted by atomic mass is 10.1. The van der Waals surface area contributed by atoms with Gasteiger partial charge in [-0.25, -0.2) is 9.07 Å². The first-order valence-electron chi connectivity index (χ1n) is 9.43. The van der Waals surface area contributed by atoms with Crippen molar-refractivity contribution in [1.82, 2.24) is 24.6 Å². The van der Waals surface area contributed by atoms with Gasteiger partial charge in [0, 0.05) is 49.0 Å². The fourth-order valence-corrected chi connectivity index (χ4v) is 3.24. The summed E-state index contributed by atoms with van der Waals surface area (Å²) in [6.07, 6.45) is 7.17. The lowest BCUT2D eigenvalue weighted by Crippen LogP contribution is -2.18. The molecule has 0 aliphatic carbocycles. The van der Waals surface area contributed by atoms with Crippen LogP contribution in [0.1, 0.15) is 16.8 Å². The van der Waals surface area contributed by atoms with Crippen molar-refractivity contribution in [3.8, 4) is 16.9 Å². The van der Waals surface area contributed by atoms with E-state index in [0.717, 1.165) is 28.2 Å². The van der Waals surface area contributed by atoms with Crippen molar-refractivity contribution < 1.29 is 4.39 Å². The number of hydrogen-bond donors (Lipinski definition) is 0. The molecule has 0 spiro atoms. The standard InChI is InChI=1S/C23H22FN5/c1-17-3-9-22(10-4-17)29-15-19(14-28(2)16-21-13-25-11-12-26-21)23(27-29)18-5-7-20(24)8-6-18/h3-13,15H,14,16H2,1-2H3. The van der Waals surface area contributed by atoms with Gasteiger partial charge < -0.3 is 0 Å². The van der Waals surface area contributed by atoms with E-state index >= 15 is 0 Å². The SMILES string of the molecule is Cc1ccc(-n2cc(CN(C)Cc3cnccn3)c(-c3ccc(F)cc3)n2)cc1. The van der Waals surface area contributed by atoms with Crippen molar-refractivity contribution in [3.63, 3.8) is 0 Å². The average Bonchev–Trinajstić information content (AvgIpc) is 3.13. The molecule has 0 atom stereocenters. The Bertz CT molecular complexity index is 1070. The van der Waals surface area contributed by atoms with Crippen LogP contribution in [0.4, 0.5) is 4.39 Å². The second kappa shape index (κ2) is 8.32. The van der Waals surface area contributed by atoms with Gasteiger partial charge in [-0.2, -0.15) is 5.10 Å². The van der Waals surface area contributed by atoms with Crippen molar-refractivity contribution in [2.45, 2.75) is 20.0 Å². The Kier molecular flexibility index (Phi) is 5.44. The summed E-state index contributed by atoms with van der Waals surface area (Å²) < 4.78 is 15.3. The first-order valence-corrected chi connectivity index (χ1v) is 9.43. The fraction of sp³-hybridized carbons (Fsp3) is 0.174. The molecule has 0 fully saturated rings. The van der Waals surface area contributed by atoms with Crippen LogP contribution in [-0.4, -0.2) is 31.7 Å². The van der Waals surface area contributed by atoms with E-state index < -0.39 is 0 Å². The number of hydrogen-bond acceptors (Lipinski definition) is 4. The van der Waals surface area contributed by atoms with Gasteiger partial charge in [-0.1, -0.05) is 17.7 Å². The fourth-order valence-electron chi connectivity index (χ4n) is 3.24. The minimum absolute atomic E-state index is 0.256. The molecule has 146 valence electrons. The van der Waals surface area contributed by atoms with E-state index in [1.54, 1.807) is 30.7 Å². The van der Waals surface area contributed by atoms with E-state index in [1.165, 1.54) is 17.7 Å². The predicted molar refractivity (Wildman–Crippen MR) is 111 cm³/mol. The summed E-state index contributed by atoms with van der Waals surface area (Å²) in [6.45, 7) is 3.41. The second-order valence-electron chi connectivity index (χ2n) is 7.16. The molecule has 0 aliphatic heterocycles. The molecule has 0 N–H and O–H groups in total. The molecule has 2 aromatic carbocycles. The van der Waals surface area contributed by atoms with Gasteiger partial charge in [-0.15, -0.1) is 0 Å². The molecule has 0 saturated carbocycles. The maximum atomic E-state index is 13.4. The van der Waals surface area contributed by atoms with E-state index in [2.05, 4.69) is 33.9 Å². The zero-order valence-corrected chi connectivity index (χ0v) is 16.5. The van der Waals surface area contributed by atoms with Crippen LogP contribution in [0, 0.1) is 12.7 Å². The molecule has 0 bridgehead atoms. The second-order valence-corrected chi connectivity index (χ2v) is 7.16. The maximum Gasteiger partial charge on any atom is 0.123 e. The molecule has 4 rings (SSSR count). The number of aryl methyl sites for hydroxylation is 1. The highest BCUT2D eigenvalue weighted by molar-refractivity contribution is 5.63. The summed E-state index contributed by atoms with van der Waals surface area (Å²) in [7, 11) is 2.03. The Balaban J connectivity index is 1.66. The third-order valence-electron chi connectivity index (χ3n) is 4.70. The number of halogens is 1. The van der Waals surface area contributed by atoms with Gasteiger partial charge in [0.05, 0.1) is 17.1 Å². The third-order valence-corrected chi connectivity index (χ3v) is 4.70. The number of aromatic nitrogens is 4. The molecule has 0 amide bonds. The van der Waals surface area contributed by atoms with Crippen molar-refractivity contribution >= 4 is 0 Å². The van der Waals surface area contributed by atoms with Crippen LogP contribution in [0.2, 0.25) is 0 Å². The quantitative estimate of drug-likeness (QED) is 0.492. The summed E-state index contributed by atoms with van der Waals surface area (Å²) in [5, 5.41) is 4.81. The van der Waals surface area contributed by atoms with Crippen LogP contribution in [0.25, 0.3) is 16.9 Å². The van der Waals surface area contributed by atoms with E-state index in [4.69, 9.17) is 5.10 Å². The maximum absolute atomic E-state index is 13.4. The van der Waals surface area contributed by atoms with E-state index in [9.17, 15) is 4.39 Å². The molecule has 0 aliphatic rings. The third kappa shape index (κ3) is 4.55. The van der Waals surface area contributed by atoms with E-state index in [1.807, 2.05) is 30.1 Å². The van der Waals surface area contributed by atoms with Crippen molar-refractivity contribution in [1.29, 1.82) is 0 Å². The van der Waals surface area contributed by atoms with E-state index in [-0.39, 0.29) is 5.82 Å². The number of benzene rings is 2.